The average Bonchev–Trinajstić information content (AvgIpc) is 3.30. The van der Waals surface area contributed by atoms with Crippen LogP contribution in [0.15, 0.2) is 90.5 Å². The fourth-order valence-corrected chi connectivity index (χ4v) is 4.14. The number of fused-ring (bicyclic) bond motifs is 1. The summed E-state index contributed by atoms with van der Waals surface area (Å²) in [6.07, 6.45) is 6.22. The van der Waals surface area contributed by atoms with E-state index in [0.29, 0.717) is 33.3 Å². The molecule has 8 heteroatoms. The number of hydrogen-bond acceptors (Lipinski definition) is 3. The van der Waals surface area contributed by atoms with Crippen LogP contribution < -0.4 is 10.6 Å². The molecule has 1 heterocycles. The number of aromatic amines is 1. The van der Waals surface area contributed by atoms with Crippen LogP contribution >= 0.6 is 23.2 Å². The zero-order valence-corrected chi connectivity index (χ0v) is 19.9. The molecule has 0 bridgehead atoms. The molecular weight excluding hydrogens is 483 g/mol. The number of carbonyl (C=O) groups is 2. The Kier molecular flexibility index (Phi) is 6.40. The van der Waals surface area contributed by atoms with E-state index in [1.807, 2.05) is 48.6 Å². The largest absolute Gasteiger partial charge is 0.341 e. The molecule has 2 amide bonds. The highest BCUT2D eigenvalue weighted by atomic mass is 35.5. The van der Waals surface area contributed by atoms with Crippen LogP contribution in [0.5, 0.6) is 0 Å². The first-order chi connectivity index (χ1) is 17.0. The third-order valence-electron chi connectivity index (χ3n) is 5.68. The summed E-state index contributed by atoms with van der Waals surface area (Å²) in [4.78, 5) is 33.2. The molecule has 4 aromatic rings. The van der Waals surface area contributed by atoms with Crippen molar-refractivity contribution in [2.24, 2.45) is 0 Å². The Labute approximate surface area is 211 Å². The second-order valence-electron chi connectivity index (χ2n) is 8.12. The maximum Gasteiger partial charge on any atom is 0.255 e. The van der Waals surface area contributed by atoms with E-state index in [9.17, 15) is 9.59 Å². The quantitative estimate of drug-likeness (QED) is 0.282. The summed E-state index contributed by atoms with van der Waals surface area (Å²) in [6, 6.07) is 19.6. The molecule has 5 rings (SSSR count). The van der Waals surface area contributed by atoms with Crippen molar-refractivity contribution in [3.8, 4) is 0 Å². The highest BCUT2D eigenvalue weighted by Crippen LogP contribution is 2.29. The fourth-order valence-electron chi connectivity index (χ4n) is 3.84. The Morgan fingerprint density at radius 2 is 1.69 bits per heavy atom. The zero-order chi connectivity index (χ0) is 24.4. The number of hydrogen-bond donors (Lipinski definition) is 3. The topological polar surface area (TPSA) is 86.9 Å². The van der Waals surface area contributed by atoms with Gasteiger partial charge in [0, 0.05) is 28.4 Å². The first-order valence-corrected chi connectivity index (χ1v) is 11.7. The van der Waals surface area contributed by atoms with Gasteiger partial charge in [-0.2, -0.15) is 0 Å². The van der Waals surface area contributed by atoms with Crippen LogP contribution in [-0.4, -0.2) is 21.8 Å². The summed E-state index contributed by atoms with van der Waals surface area (Å²) in [6.45, 7) is 0. The molecule has 0 saturated carbocycles. The third-order valence-corrected chi connectivity index (χ3v) is 6.42. The van der Waals surface area contributed by atoms with E-state index in [1.165, 1.54) is 0 Å². The normalized spacial score (nSPS) is 15.0. The van der Waals surface area contributed by atoms with Gasteiger partial charge in [-0.25, -0.2) is 4.98 Å². The van der Waals surface area contributed by atoms with E-state index in [2.05, 4.69) is 20.6 Å². The van der Waals surface area contributed by atoms with Gasteiger partial charge in [0.2, 0.25) is 0 Å². The minimum Gasteiger partial charge on any atom is -0.341 e. The second-order valence-corrected chi connectivity index (χ2v) is 8.93. The van der Waals surface area contributed by atoms with Crippen LogP contribution in [0.1, 0.15) is 28.5 Å². The molecule has 1 unspecified atom stereocenters. The standard InChI is InChI=1S/C27H20Cl2N4O2/c28-21-12-11-20(15-22(21)29)31-26(34)17-8-6-16(7-9-17)25-32-23-13-10-18(14-24(23)33-25)27(35)30-19-4-2-1-3-5-19/h1-6,8-16H,7H2,(H,30,35)(H,31,34)(H,32,33). The monoisotopic (exact) mass is 502 g/mol. The summed E-state index contributed by atoms with van der Waals surface area (Å²) in [5.41, 5.74) is 3.96. The van der Waals surface area contributed by atoms with Gasteiger partial charge >= 0.3 is 0 Å². The Balaban J connectivity index is 1.26. The lowest BCUT2D eigenvalue weighted by Crippen LogP contribution is -2.15. The van der Waals surface area contributed by atoms with E-state index < -0.39 is 0 Å². The van der Waals surface area contributed by atoms with E-state index in [4.69, 9.17) is 23.2 Å². The van der Waals surface area contributed by atoms with Crippen molar-refractivity contribution < 1.29 is 9.59 Å². The minimum absolute atomic E-state index is 0.00878. The van der Waals surface area contributed by atoms with Crippen molar-refractivity contribution in [3.05, 3.63) is 112 Å². The molecule has 3 N–H and O–H groups in total. The lowest BCUT2D eigenvalue weighted by Gasteiger charge is -2.14. The molecule has 0 radical (unpaired) electrons. The number of allylic oxidation sites excluding steroid dienone is 2. The van der Waals surface area contributed by atoms with Crippen molar-refractivity contribution in [1.82, 2.24) is 9.97 Å². The van der Waals surface area contributed by atoms with Crippen molar-refractivity contribution in [2.75, 3.05) is 10.6 Å². The van der Waals surface area contributed by atoms with Crippen LogP contribution in [0.4, 0.5) is 11.4 Å². The molecule has 6 nitrogen and oxygen atoms in total. The van der Waals surface area contributed by atoms with Gasteiger partial charge < -0.3 is 15.6 Å². The van der Waals surface area contributed by atoms with Crippen LogP contribution in [0, 0.1) is 0 Å². The smallest absolute Gasteiger partial charge is 0.255 e. The number of rotatable bonds is 5. The number of H-pyrrole nitrogens is 1. The molecular formula is C27H20Cl2N4O2. The zero-order valence-electron chi connectivity index (χ0n) is 18.4. The van der Waals surface area contributed by atoms with Crippen molar-refractivity contribution >= 4 is 57.4 Å². The molecule has 0 fully saturated rings. The Morgan fingerprint density at radius 1 is 0.886 bits per heavy atom. The molecule has 1 aliphatic carbocycles. The lowest BCUT2D eigenvalue weighted by atomic mass is 9.95. The number of carbonyl (C=O) groups excluding carboxylic acids is 2. The lowest BCUT2D eigenvalue weighted by molar-refractivity contribution is -0.112. The number of halogens is 2. The number of aromatic nitrogens is 2. The van der Waals surface area contributed by atoms with Crippen molar-refractivity contribution in [3.63, 3.8) is 0 Å². The molecule has 0 spiro atoms. The molecule has 0 aliphatic heterocycles. The number of imidazole rings is 1. The van der Waals surface area contributed by atoms with E-state index in [1.54, 1.807) is 36.4 Å². The molecule has 174 valence electrons. The summed E-state index contributed by atoms with van der Waals surface area (Å²) in [5.74, 6) is 0.353. The van der Waals surface area contributed by atoms with Crippen LogP contribution in [0.25, 0.3) is 11.0 Å². The van der Waals surface area contributed by atoms with E-state index in [0.717, 1.165) is 22.5 Å². The van der Waals surface area contributed by atoms with Crippen molar-refractivity contribution in [1.29, 1.82) is 0 Å². The fraction of sp³-hybridized carbons (Fsp3) is 0.0741. The highest BCUT2D eigenvalue weighted by molar-refractivity contribution is 6.42. The Hall–Kier alpha value is -3.87. The van der Waals surface area contributed by atoms with Crippen LogP contribution in [-0.2, 0) is 4.79 Å². The number of benzene rings is 3. The number of nitrogens with zero attached hydrogens (tertiary/aromatic N) is 1. The first kappa shape index (κ1) is 22.9. The Bertz CT molecular complexity index is 1490. The predicted molar refractivity (Wildman–Crippen MR) is 140 cm³/mol. The van der Waals surface area contributed by atoms with Gasteiger partial charge in [-0.3, -0.25) is 9.59 Å². The average molecular weight is 503 g/mol. The highest BCUT2D eigenvalue weighted by Gasteiger charge is 2.19. The molecule has 35 heavy (non-hydrogen) atoms. The van der Waals surface area contributed by atoms with Gasteiger partial charge in [0.1, 0.15) is 5.82 Å². The maximum atomic E-state index is 12.6. The SMILES string of the molecule is O=C(Nc1ccc(Cl)c(Cl)c1)C1=CCC(c2nc3ccc(C(=O)Nc4ccccc4)cc3[nH]2)C=C1. The summed E-state index contributed by atoms with van der Waals surface area (Å²) in [7, 11) is 0. The Morgan fingerprint density at radius 3 is 2.43 bits per heavy atom. The summed E-state index contributed by atoms with van der Waals surface area (Å²) >= 11 is 12.0. The van der Waals surface area contributed by atoms with Gasteiger partial charge in [-0.15, -0.1) is 0 Å². The number of nitrogens with one attached hydrogen (secondary N) is 3. The summed E-state index contributed by atoms with van der Waals surface area (Å²) < 4.78 is 0. The second kappa shape index (κ2) is 9.78. The maximum absolute atomic E-state index is 12.6. The van der Waals surface area contributed by atoms with E-state index in [-0.39, 0.29) is 17.7 Å². The predicted octanol–water partition coefficient (Wildman–Crippen LogP) is 6.73. The van der Waals surface area contributed by atoms with E-state index >= 15 is 0 Å². The van der Waals surface area contributed by atoms with Crippen LogP contribution in [0.3, 0.4) is 0 Å². The number of amides is 2. The minimum atomic E-state index is -0.225. The van der Waals surface area contributed by atoms with Gasteiger partial charge in [-0.05, 0) is 55.0 Å². The van der Waals surface area contributed by atoms with Gasteiger partial charge in [0.15, 0.2) is 0 Å². The molecule has 1 atom stereocenters. The summed E-state index contributed by atoms with van der Waals surface area (Å²) in [5, 5.41) is 6.52. The van der Waals surface area contributed by atoms with Crippen molar-refractivity contribution in [2.45, 2.75) is 12.3 Å². The third kappa shape index (κ3) is 5.14. The number of anilines is 2. The van der Waals surface area contributed by atoms with Crippen LogP contribution in [0.2, 0.25) is 10.0 Å². The van der Waals surface area contributed by atoms with Gasteiger partial charge in [-0.1, -0.05) is 59.6 Å². The first-order valence-electron chi connectivity index (χ1n) is 11.0. The molecule has 3 aromatic carbocycles. The van der Waals surface area contributed by atoms with Gasteiger partial charge in [0.05, 0.1) is 21.1 Å². The number of para-hydroxylation sites is 1. The molecule has 0 saturated heterocycles. The van der Waals surface area contributed by atoms with Gasteiger partial charge in [0.25, 0.3) is 11.8 Å². The molecule has 1 aromatic heterocycles. The molecule has 1 aliphatic rings.